The molecule has 7 N–H and O–H groups in total. The van der Waals surface area contributed by atoms with Gasteiger partial charge < -0.3 is 44.6 Å². The van der Waals surface area contributed by atoms with Crippen molar-refractivity contribution < 1.29 is 44.6 Å². The van der Waals surface area contributed by atoms with Crippen LogP contribution in [-0.2, 0) is 0 Å². The van der Waals surface area contributed by atoms with E-state index in [9.17, 15) is 45.3 Å². The van der Waals surface area contributed by atoms with Crippen molar-refractivity contribution in [2.24, 2.45) is 0 Å². The number of benzene rings is 4. The van der Waals surface area contributed by atoms with Crippen molar-refractivity contribution in [2.75, 3.05) is 0 Å². The number of rotatable bonds is 3. The molecule has 0 aliphatic heterocycles. The Bertz CT molecular complexity index is 2170. The Morgan fingerprint density at radius 3 is 1.80 bits per heavy atom. The van der Waals surface area contributed by atoms with E-state index in [-0.39, 0.29) is 67.2 Å². The van der Waals surface area contributed by atoms with Crippen LogP contribution in [0.15, 0.2) is 85.2 Å². The van der Waals surface area contributed by atoms with Crippen LogP contribution in [0.4, 0.5) is 0 Å². The molecule has 0 fully saturated rings. The lowest BCUT2D eigenvalue weighted by atomic mass is 9.97. The van der Waals surface area contributed by atoms with Crippen LogP contribution >= 0.6 is 0 Å². The van der Waals surface area contributed by atoms with Gasteiger partial charge in [0.1, 0.15) is 56.6 Å². The fraction of sp³-hybridized carbons (Fsp3) is 0. The zero-order chi connectivity index (χ0) is 29.2. The molecule has 0 atom stereocenters. The standard InChI is InChI=1S/C30H18O11/c31-14-7-19(35)28-22(38)10-24(40-26(28)8-14)12-1-3-16(32)15(5-12)27-20(36)9-21(37)29-23(39)11-25(41-30(27)29)13-2-4-17(33)18(34)6-13/h1-11,31-37H. The highest BCUT2D eigenvalue weighted by Crippen LogP contribution is 2.45. The van der Waals surface area contributed by atoms with Crippen LogP contribution in [0.2, 0.25) is 0 Å². The molecular weight excluding hydrogens is 536 g/mol. The Labute approximate surface area is 227 Å². The third-order valence-corrected chi connectivity index (χ3v) is 6.57. The number of phenolic OH excluding ortho intramolecular Hbond substituents is 7. The number of aromatic hydroxyl groups is 7. The minimum Gasteiger partial charge on any atom is -0.508 e. The third kappa shape index (κ3) is 4.08. The van der Waals surface area contributed by atoms with E-state index in [0.717, 1.165) is 36.4 Å². The lowest BCUT2D eigenvalue weighted by molar-refractivity contribution is 0.404. The summed E-state index contributed by atoms with van der Waals surface area (Å²) in [6.07, 6.45) is 0. The first-order valence-corrected chi connectivity index (χ1v) is 11.9. The maximum atomic E-state index is 13.1. The topological polar surface area (TPSA) is 202 Å². The smallest absolute Gasteiger partial charge is 0.197 e. The minimum absolute atomic E-state index is 0.0157. The highest BCUT2D eigenvalue weighted by atomic mass is 16.3. The molecule has 0 unspecified atom stereocenters. The molecule has 204 valence electrons. The van der Waals surface area contributed by atoms with Gasteiger partial charge in [0.15, 0.2) is 27.9 Å². The molecule has 0 saturated heterocycles. The van der Waals surface area contributed by atoms with Crippen LogP contribution in [0, 0.1) is 0 Å². The Hall–Kier alpha value is -6.10. The van der Waals surface area contributed by atoms with E-state index < -0.39 is 39.6 Å². The summed E-state index contributed by atoms with van der Waals surface area (Å²) in [5, 5.41) is 71.2. The van der Waals surface area contributed by atoms with Crippen LogP contribution in [-0.4, -0.2) is 35.7 Å². The molecule has 11 nitrogen and oxygen atoms in total. The second-order valence-electron chi connectivity index (χ2n) is 9.22. The zero-order valence-corrected chi connectivity index (χ0v) is 20.6. The second-order valence-corrected chi connectivity index (χ2v) is 9.22. The van der Waals surface area contributed by atoms with E-state index >= 15 is 0 Å². The van der Waals surface area contributed by atoms with Gasteiger partial charge in [0.25, 0.3) is 0 Å². The normalized spacial score (nSPS) is 11.3. The summed E-state index contributed by atoms with van der Waals surface area (Å²) in [4.78, 5) is 25.8. The summed E-state index contributed by atoms with van der Waals surface area (Å²) in [7, 11) is 0. The molecule has 0 radical (unpaired) electrons. The summed E-state index contributed by atoms with van der Waals surface area (Å²) in [5.41, 5.74) is -1.57. The van der Waals surface area contributed by atoms with Crippen molar-refractivity contribution in [3.8, 4) is 74.0 Å². The average molecular weight is 554 g/mol. The van der Waals surface area contributed by atoms with Crippen molar-refractivity contribution in [3.63, 3.8) is 0 Å². The SMILES string of the molecule is O=c1cc(-c2ccc(O)c(-c3c(O)cc(O)c4c(=O)cc(-c5ccc(O)c(O)c5)oc34)c2)oc2cc(O)cc(O)c12. The molecule has 6 aromatic rings. The van der Waals surface area contributed by atoms with E-state index in [1.54, 1.807) is 0 Å². The maximum Gasteiger partial charge on any atom is 0.197 e. The van der Waals surface area contributed by atoms with E-state index in [1.165, 1.54) is 30.3 Å². The maximum absolute atomic E-state index is 13.1. The van der Waals surface area contributed by atoms with Gasteiger partial charge in [0.05, 0.1) is 5.56 Å². The Balaban J connectivity index is 1.61. The minimum atomic E-state index is -0.705. The van der Waals surface area contributed by atoms with Gasteiger partial charge in [-0.3, -0.25) is 9.59 Å². The quantitative estimate of drug-likeness (QED) is 0.148. The van der Waals surface area contributed by atoms with Gasteiger partial charge in [-0.05, 0) is 36.4 Å². The Morgan fingerprint density at radius 2 is 1.10 bits per heavy atom. The van der Waals surface area contributed by atoms with Crippen LogP contribution in [0.25, 0.3) is 55.7 Å². The van der Waals surface area contributed by atoms with E-state index in [2.05, 4.69) is 0 Å². The Morgan fingerprint density at radius 1 is 0.488 bits per heavy atom. The lowest BCUT2D eigenvalue weighted by Gasteiger charge is -2.14. The van der Waals surface area contributed by atoms with Gasteiger partial charge in [-0.1, -0.05) is 0 Å². The van der Waals surface area contributed by atoms with Gasteiger partial charge >= 0.3 is 0 Å². The van der Waals surface area contributed by atoms with Crippen molar-refractivity contribution in [1.82, 2.24) is 0 Å². The molecule has 6 rings (SSSR count). The molecule has 11 heteroatoms. The second kappa shape index (κ2) is 8.99. The predicted molar refractivity (Wildman–Crippen MR) is 146 cm³/mol. The van der Waals surface area contributed by atoms with Crippen LogP contribution in [0.1, 0.15) is 0 Å². The monoisotopic (exact) mass is 554 g/mol. The summed E-state index contributed by atoms with van der Waals surface area (Å²) in [6.45, 7) is 0. The number of hydrogen-bond donors (Lipinski definition) is 7. The molecule has 0 saturated carbocycles. The zero-order valence-electron chi connectivity index (χ0n) is 20.6. The fourth-order valence-electron chi connectivity index (χ4n) is 4.67. The molecule has 41 heavy (non-hydrogen) atoms. The lowest BCUT2D eigenvalue weighted by Crippen LogP contribution is -2.02. The molecule has 2 heterocycles. The summed E-state index contributed by atoms with van der Waals surface area (Å²) >= 11 is 0. The molecule has 0 amide bonds. The summed E-state index contributed by atoms with van der Waals surface area (Å²) in [6, 6.07) is 12.9. The first-order valence-electron chi connectivity index (χ1n) is 11.9. The van der Waals surface area contributed by atoms with Crippen molar-refractivity contribution in [1.29, 1.82) is 0 Å². The van der Waals surface area contributed by atoms with E-state index in [1.807, 2.05) is 0 Å². The molecule has 0 aliphatic carbocycles. The molecule has 4 aromatic carbocycles. The Kier molecular flexibility index (Phi) is 5.52. The molecular formula is C30H18O11. The number of phenols is 7. The van der Waals surface area contributed by atoms with Crippen LogP contribution in [0.5, 0.6) is 40.2 Å². The fourth-order valence-corrected chi connectivity index (χ4v) is 4.67. The van der Waals surface area contributed by atoms with Gasteiger partial charge in [-0.2, -0.15) is 0 Å². The summed E-state index contributed by atoms with van der Waals surface area (Å²) < 4.78 is 11.7. The molecule has 0 bridgehead atoms. The highest BCUT2D eigenvalue weighted by Gasteiger charge is 2.23. The summed E-state index contributed by atoms with van der Waals surface area (Å²) in [5.74, 6) is -3.32. The largest absolute Gasteiger partial charge is 0.508 e. The van der Waals surface area contributed by atoms with E-state index in [0.29, 0.717) is 0 Å². The van der Waals surface area contributed by atoms with Gasteiger partial charge in [-0.15, -0.1) is 0 Å². The number of hydrogen-bond acceptors (Lipinski definition) is 11. The van der Waals surface area contributed by atoms with Gasteiger partial charge in [-0.25, -0.2) is 0 Å². The van der Waals surface area contributed by atoms with E-state index in [4.69, 9.17) is 8.83 Å². The molecule has 0 aliphatic rings. The first-order chi connectivity index (χ1) is 19.5. The number of fused-ring (bicyclic) bond motifs is 2. The predicted octanol–water partition coefficient (Wildman–Crippen LogP) is 4.84. The third-order valence-electron chi connectivity index (χ3n) is 6.57. The van der Waals surface area contributed by atoms with Crippen molar-refractivity contribution >= 4 is 21.9 Å². The van der Waals surface area contributed by atoms with Crippen LogP contribution < -0.4 is 10.9 Å². The van der Waals surface area contributed by atoms with Crippen molar-refractivity contribution in [2.45, 2.75) is 0 Å². The van der Waals surface area contributed by atoms with Gasteiger partial charge in [0, 0.05) is 47.0 Å². The van der Waals surface area contributed by atoms with Crippen LogP contribution in [0.3, 0.4) is 0 Å². The molecule has 2 aromatic heterocycles. The average Bonchev–Trinajstić information content (AvgIpc) is 2.90. The first kappa shape index (κ1) is 25.2. The highest BCUT2D eigenvalue weighted by molar-refractivity contribution is 6.01. The van der Waals surface area contributed by atoms with Crippen molar-refractivity contribution in [3.05, 3.63) is 87.2 Å². The van der Waals surface area contributed by atoms with Gasteiger partial charge in [0.2, 0.25) is 0 Å². The molecule has 0 spiro atoms.